The highest BCUT2D eigenvalue weighted by molar-refractivity contribution is 6.29. The van der Waals surface area contributed by atoms with Gasteiger partial charge in [-0.2, -0.15) is 0 Å². The quantitative estimate of drug-likeness (QED) is 0.795. The highest BCUT2D eigenvalue weighted by Gasteiger charge is 2.26. The Balaban J connectivity index is 2.20. The monoisotopic (exact) mass is 283 g/mol. The SMILES string of the molecule is CCOCc1nc(Cl)cc(N2CCCC(C)C2C)n1. The largest absolute Gasteiger partial charge is 0.374 e. The van der Waals surface area contributed by atoms with E-state index in [0.717, 1.165) is 12.4 Å². The van der Waals surface area contributed by atoms with E-state index in [0.29, 0.717) is 36.2 Å². The number of ether oxygens (including phenoxy) is 1. The molecule has 19 heavy (non-hydrogen) atoms. The summed E-state index contributed by atoms with van der Waals surface area (Å²) in [6.07, 6.45) is 2.48. The molecule has 0 amide bonds. The van der Waals surface area contributed by atoms with E-state index >= 15 is 0 Å². The van der Waals surface area contributed by atoms with Crippen molar-refractivity contribution in [3.8, 4) is 0 Å². The van der Waals surface area contributed by atoms with E-state index < -0.39 is 0 Å². The number of hydrogen-bond acceptors (Lipinski definition) is 4. The first-order valence-corrected chi connectivity index (χ1v) is 7.37. The second-order valence-corrected chi connectivity index (χ2v) is 5.54. The van der Waals surface area contributed by atoms with Gasteiger partial charge in [0.15, 0.2) is 5.82 Å². The van der Waals surface area contributed by atoms with Crippen LogP contribution in [-0.2, 0) is 11.3 Å². The predicted octanol–water partition coefficient (Wildman–Crippen LogP) is 3.29. The molecule has 0 aliphatic carbocycles. The van der Waals surface area contributed by atoms with Crippen LogP contribution in [0.3, 0.4) is 0 Å². The summed E-state index contributed by atoms with van der Waals surface area (Å²) in [5, 5.41) is 0.491. The van der Waals surface area contributed by atoms with Crippen LogP contribution in [0.5, 0.6) is 0 Å². The molecule has 1 aliphatic rings. The van der Waals surface area contributed by atoms with Crippen LogP contribution >= 0.6 is 11.6 Å². The normalized spacial score (nSPS) is 23.7. The van der Waals surface area contributed by atoms with E-state index in [1.165, 1.54) is 12.8 Å². The molecule has 1 aromatic heterocycles. The lowest BCUT2D eigenvalue weighted by molar-refractivity contribution is 0.128. The highest BCUT2D eigenvalue weighted by atomic mass is 35.5. The molecule has 2 heterocycles. The average Bonchev–Trinajstić information content (AvgIpc) is 2.39. The van der Waals surface area contributed by atoms with Crippen LogP contribution in [0.2, 0.25) is 5.15 Å². The Labute approximate surface area is 120 Å². The third-order valence-electron chi connectivity index (χ3n) is 3.83. The maximum absolute atomic E-state index is 6.10. The van der Waals surface area contributed by atoms with Crippen LogP contribution in [0, 0.1) is 5.92 Å². The number of piperidine rings is 1. The van der Waals surface area contributed by atoms with Crippen molar-refractivity contribution in [3.05, 3.63) is 17.0 Å². The molecule has 5 heteroatoms. The van der Waals surface area contributed by atoms with Crippen LogP contribution in [0.4, 0.5) is 5.82 Å². The van der Waals surface area contributed by atoms with E-state index in [-0.39, 0.29) is 0 Å². The fourth-order valence-electron chi connectivity index (χ4n) is 2.52. The summed E-state index contributed by atoms with van der Waals surface area (Å²) in [5.41, 5.74) is 0. The van der Waals surface area contributed by atoms with Crippen LogP contribution < -0.4 is 4.90 Å². The van der Waals surface area contributed by atoms with Crippen molar-refractivity contribution in [2.24, 2.45) is 5.92 Å². The third kappa shape index (κ3) is 3.57. The van der Waals surface area contributed by atoms with Gasteiger partial charge in [-0.3, -0.25) is 0 Å². The van der Waals surface area contributed by atoms with Gasteiger partial charge in [0, 0.05) is 25.3 Å². The Bertz CT molecular complexity index is 427. The van der Waals surface area contributed by atoms with Crippen molar-refractivity contribution in [2.75, 3.05) is 18.1 Å². The zero-order valence-electron chi connectivity index (χ0n) is 11.9. The molecule has 0 spiro atoms. The molecule has 0 saturated carbocycles. The molecule has 0 bridgehead atoms. The zero-order chi connectivity index (χ0) is 13.8. The van der Waals surface area contributed by atoms with Gasteiger partial charge in [-0.15, -0.1) is 0 Å². The number of anilines is 1. The van der Waals surface area contributed by atoms with Crippen molar-refractivity contribution in [1.29, 1.82) is 0 Å². The van der Waals surface area contributed by atoms with E-state index in [9.17, 15) is 0 Å². The zero-order valence-corrected chi connectivity index (χ0v) is 12.7. The molecule has 1 fully saturated rings. The number of halogens is 1. The second kappa shape index (κ2) is 6.53. The lowest BCUT2D eigenvalue weighted by Crippen LogP contribution is -2.43. The Morgan fingerprint density at radius 1 is 1.42 bits per heavy atom. The Morgan fingerprint density at radius 2 is 2.21 bits per heavy atom. The standard InChI is InChI=1S/C14H22ClN3O/c1-4-19-9-13-16-12(15)8-14(17-13)18-7-5-6-10(2)11(18)3/h8,10-11H,4-7,9H2,1-3H3. The van der Waals surface area contributed by atoms with Crippen molar-refractivity contribution in [2.45, 2.75) is 46.3 Å². The van der Waals surface area contributed by atoms with E-state index in [4.69, 9.17) is 16.3 Å². The first-order valence-electron chi connectivity index (χ1n) is 6.99. The molecule has 1 aromatic rings. The smallest absolute Gasteiger partial charge is 0.158 e. The topological polar surface area (TPSA) is 38.2 Å². The molecule has 2 rings (SSSR count). The molecule has 2 atom stereocenters. The lowest BCUT2D eigenvalue weighted by Gasteiger charge is -2.38. The first kappa shape index (κ1) is 14.5. The molecule has 0 aromatic carbocycles. The average molecular weight is 284 g/mol. The minimum atomic E-state index is 0.418. The second-order valence-electron chi connectivity index (χ2n) is 5.16. The first-order chi connectivity index (χ1) is 9.11. The molecule has 0 radical (unpaired) electrons. The molecule has 2 unspecified atom stereocenters. The van der Waals surface area contributed by atoms with Gasteiger partial charge in [-0.05, 0) is 32.6 Å². The molecule has 1 saturated heterocycles. The summed E-state index contributed by atoms with van der Waals surface area (Å²) in [7, 11) is 0. The van der Waals surface area contributed by atoms with Gasteiger partial charge in [-0.1, -0.05) is 18.5 Å². The number of hydrogen-bond donors (Lipinski definition) is 0. The number of nitrogens with zero attached hydrogens (tertiary/aromatic N) is 3. The van der Waals surface area contributed by atoms with Crippen molar-refractivity contribution in [3.63, 3.8) is 0 Å². The highest BCUT2D eigenvalue weighted by Crippen LogP contribution is 2.28. The van der Waals surface area contributed by atoms with Crippen LogP contribution in [-0.4, -0.2) is 29.2 Å². The van der Waals surface area contributed by atoms with Gasteiger partial charge in [-0.25, -0.2) is 9.97 Å². The summed E-state index contributed by atoms with van der Waals surface area (Å²) in [6.45, 7) is 8.61. The Morgan fingerprint density at radius 3 is 2.95 bits per heavy atom. The summed E-state index contributed by atoms with van der Waals surface area (Å²) in [4.78, 5) is 11.1. The van der Waals surface area contributed by atoms with Crippen molar-refractivity contribution in [1.82, 2.24) is 9.97 Å². The van der Waals surface area contributed by atoms with Crippen molar-refractivity contribution >= 4 is 17.4 Å². The van der Waals surface area contributed by atoms with Gasteiger partial charge >= 0.3 is 0 Å². The molecule has 4 nitrogen and oxygen atoms in total. The van der Waals surface area contributed by atoms with Gasteiger partial charge in [0.05, 0.1) is 0 Å². The van der Waals surface area contributed by atoms with Crippen LogP contribution in [0.15, 0.2) is 6.07 Å². The molecular formula is C14H22ClN3O. The minimum Gasteiger partial charge on any atom is -0.374 e. The van der Waals surface area contributed by atoms with E-state index in [1.807, 2.05) is 13.0 Å². The molecule has 106 valence electrons. The summed E-state index contributed by atoms with van der Waals surface area (Å²) >= 11 is 6.10. The van der Waals surface area contributed by atoms with Crippen LogP contribution in [0.25, 0.3) is 0 Å². The van der Waals surface area contributed by atoms with Gasteiger partial charge < -0.3 is 9.64 Å². The maximum Gasteiger partial charge on any atom is 0.158 e. The summed E-state index contributed by atoms with van der Waals surface area (Å²) in [5.74, 6) is 2.27. The van der Waals surface area contributed by atoms with E-state index in [2.05, 4.69) is 28.7 Å². The summed E-state index contributed by atoms with van der Waals surface area (Å²) < 4.78 is 5.36. The molecule has 1 aliphatic heterocycles. The Kier molecular flexibility index (Phi) is 4.99. The van der Waals surface area contributed by atoms with Gasteiger partial charge in [0.2, 0.25) is 0 Å². The fraction of sp³-hybridized carbons (Fsp3) is 0.714. The van der Waals surface area contributed by atoms with Crippen LogP contribution in [0.1, 0.15) is 39.4 Å². The number of aromatic nitrogens is 2. The molecular weight excluding hydrogens is 262 g/mol. The number of rotatable bonds is 4. The maximum atomic E-state index is 6.10. The Hall–Kier alpha value is -0.870. The minimum absolute atomic E-state index is 0.418. The predicted molar refractivity (Wildman–Crippen MR) is 77.6 cm³/mol. The summed E-state index contributed by atoms with van der Waals surface area (Å²) in [6, 6.07) is 2.34. The molecule has 0 N–H and O–H groups in total. The van der Waals surface area contributed by atoms with Gasteiger partial charge in [0.25, 0.3) is 0 Å². The van der Waals surface area contributed by atoms with E-state index in [1.54, 1.807) is 0 Å². The fourth-order valence-corrected chi connectivity index (χ4v) is 2.71. The van der Waals surface area contributed by atoms with Gasteiger partial charge in [0.1, 0.15) is 17.6 Å². The third-order valence-corrected chi connectivity index (χ3v) is 4.02. The van der Waals surface area contributed by atoms with Crippen molar-refractivity contribution < 1.29 is 4.74 Å². The lowest BCUT2D eigenvalue weighted by atomic mass is 9.92.